The standard InChI is InChI=1S/C13H15Br/c14-13-10-6-2-5-9-12(13)11-7-3-1-4-8-11/h1,3-4,7-9,13H,2,5-6,10H2. The third-order valence-electron chi connectivity index (χ3n) is 2.72. The summed E-state index contributed by atoms with van der Waals surface area (Å²) in [5.41, 5.74) is 2.85. The molecule has 1 aliphatic carbocycles. The van der Waals surface area contributed by atoms with Gasteiger partial charge in [-0.05, 0) is 30.4 Å². The minimum absolute atomic E-state index is 0.549. The molecule has 1 unspecified atom stereocenters. The highest BCUT2D eigenvalue weighted by Gasteiger charge is 2.14. The van der Waals surface area contributed by atoms with Crippen molar-refractivity contribution in [1.29, 1.82) is 0 Å². The second-order valence-electron chi connectivity index (χ2n) is 3.78. The molecule has 0 aromatic heterocycles. The number of hydrogen-bond acceptors (Lipinski definition) is 0. The van der Waals surface area contributed by atoms with Crippen molar-refractivity contribution < 1.29 is 0 Å². The lowest BCUT2D eigenvalue weighted by Gasteiger charge is -2.12. The zero-order chi connectivity index (χ0) is 9.80. The Morgan fingerprint density at radius 1 is 1.07 bits per heavy atom. The molecule has 0 saturated heterocycles. The maximum atomic E-state index is 3.77. The SMILES string of the molecule is BrC1CCCCC=C1c1ccccc1. The van der Waals surface area contributed by atoms with Gasteiger partial charge in [0, 0.05) is 4.83 Å². The third kappa shape index (κ3) is 2.27. The summed E-state index contributed by atoms with van der Waals surface area (Å²) in [5, 5.41) is 0. The van der Waals surface area contributed by atoms with Gasteiger partial charge in [0.05, 0.1) is 0 Å². The number of rotatable bonds is 1. The van der Waals surface area contributed by atoms with Gasteiger partial charge in [-0.3, -0.25) is 0 Å². The topological polar surface area (TPSA) is 0 Å². The van der Waals surface area contributed by atoms with Crippen LogP contribution in [-0.2, 0) is 0 Å². The first kappa shape index (κ1) is 9.97. The molecule has 0 bridgehead atoms. The molecule has 0 spiro atoms. The molecule has 0 heterocycles. The Balaban J connectivity index is 2.27. The fourth-order valence-corrected chi connectivity index (χ4v) is 2.71. The highest BCUT2D eigenvalue weighted by Crippen LogP contribution is 2.31. The fourth-order valence-electron chi connectivity index (χ4n) is 1.94. The summed E-state index contributed by atoms with van der Waals surface area (Å²) in [7, 11) is 0. The first-order valence-electron chi connectivity index (χ1n) is 5.27. The van der Waals surface area contributed by atoms with Crippen LogP contribution in [0.2, 0.25) is 0 Å². The lowest BCUT2D eigenvalue weighted by molar-refractivity contribution is 0.730. The lowest BCUT2D eigenvalue weighted by atomic mass is 10.0. The van der Waals surface area contributed by atoms with E-state index in [9.17, 15) is 0 Å². The van der Waals surface area contributed by atoms with Crippen LogP contribution in [0.5, 0.6) is 0 Å². The Hall–Kier alpha value is -0.560. The van der Waals surface area contributed by atoms with Gasteiger partial charge in [0.2, 0.25) is 0 Å². The lowest BCUT2D eigenvalue weighted by Crippen LogP contribution is -1.99. The highest BCUT2D eigenvalue weighted by molar-refractivity contribution is 9.09. The maximum Gasteiger partial charge on any atom is 0.0398 e. The normalized spacial score (nSPS) is 22.6. The van der Waals surface area contributed by atoms with Crippen LogP contribution in [0.15, 0.2) is 36.4 Å². The van der Waals surface area contributed by atoms with Gasteiger partial charge in [-0.15, -0.1) is 0 Å². The zero-order valence-electron chi connectivity index (χ0n) is 8.25. The molecule has 0 N–H and O–H groups in total. The van der Waals surface area contributed by atoms with Gasteiger partial charge in [-0.25, -0.2) is 0 Å². The van der Waals surface area contributed by atoms with Gasteiger partial charge in [0.1, 0.15) is 0 Å². The van der Waals surface area contributed by atoms with Crippen molar-refractivity contribution in [3.63, 3.8) is 0 Å². The molecule has 0 amide bonds. The monoisotopic (exact) mass is 250 g/mol. The van der Waals surface area contributed by atoms with Crippen LogP contribution >= 0.6 is 15.9 Å². The first-order valence-corrected chi connectivity index (χ1v) is 6.19. The van der Waals surface area contributed by atoms with Crippen LogP contribution in [0.4, 0.5) is 0 Å². The summed E-state index contributed by atoms with van der Waals surface area (Å²) in [6, 6.07) is 10.7. The van der Waals surface area contributed by atoms with E-state index >= 15 is 0 Å². The van der Waals surface area contributed by atoms with Crippen molar-refractivity contribution >= 4 is 21.5 Å². The van der Waals surface area contributed by atoms with E-state index < -0.39 is 0 Å². The van der Waals surface area contributed by atoms with Crippen LogP contribution < -0.4 is 0 Å². The van der Waals surface area contributed by atoms with Gasteiger partial charge < -0.3 is 0 Å². The van der Waals surface area contributed by atoms with Crippen molar-refractivity contribution in [3.8, 4) is 0 Å². The largest absolute Gasteiger partial charge is 0.0839 e. The van der Waals surface area contributed by atoms with Crippen molar-refractivity contribution in [2.75, 3.05) is 0 Å². The smallest absolute Gasteiger partial charge is 0.0398 e. The van der Waals surface area contributed by atoms with Crippen molar-refractivity contribution in [2.24, 2.45) is 0 Å². The van der Waals surface area contributed by atoms with Gasteiger partial charge >= 0.3 is 0 Å². The van der Waals surface area contributed by atoms with Crippen molar-refractivity contribution in [2.45, 2.75) is 30.5 Å². The molecule has 2 rings (SSSR count). The molecule has 1 atom stereocenters. The molecule has 1 aliphatic rings. The summed E-state index contributed by atoms with van der Waals surface area (Å²) in [6.07, 6.45) is 7.55. The maximum absolute atomic E-state index is 3.77. The first-order chi connectivity index (χ1) is 6.88. The Morgan fingerprint density at radius 2 is 1.86 bits per heavy atom. The molecule has 1 heteroatoms. The zero-order valence-corrected chi connectivity index (χ0v) is 9.83. The van der Waals surface area contributed by atoms with Gasteiger partial charge in [0.15, 0.2) is 0 Å². The average Bonchev–Trinajstić information content (AvgIpc) is 2.44. The van der Waals surface area contributed by atoms with Crippen LogP contribution in [0.1, 0.15) is 31.2 Å². The van der Waals surface area contributed by atoms with E-state index in [4.69, 9.17) is 0 Å². The molecule has 1 aromatic carbocycles. The van der Waals surface area contributed by atoms with Crippen LogP contribution in [-0.4, -0.2) is 4.83 Å². The fraction of sp³-hybridized carbons (Fsp3) is 0.385. The molecule has 0 radical (unpaired) electrons. The van der Waals surface area contributed by atoms with E-state index in [1.807, 2.05) is 0 Å². The second-order valence-corrected chi connectivity index (χ2v) is 4.88. The van der Waals surface area contributed by atoms with Gasteiger partial charge in [0.25, 0.3) is 0 Å². The number of hydrogen-bond donors (Lipinski definition) is 0. The predicted octanol–water partition coefficient (Wildman–Crippen LogP) is 4.41. The highest BCUT2D eigenvalue weighted by atomic mass is 79.9. The van der Waals surface area contributed by atoms with Crippen LogP contribution in [0, 0.1) is 0 Å². The molecule has 74 valence electrons. The average molecular weight is 251 g/mol. The van der Waals surface area contributed by atoms with Gasteiger partial charge in [-0.2, -0.15) is 0 Å². The number of benzene rings is 1. The summed E-state index contributed by atoms with van der Waals surface area (Å²) < 4.78 is 0. The number of alkyl halides is 1. The number of halogens is 1. The molecule has 0 fully saturated rings. The van der Waals surface area contributed by atoms with Crippen LogP contribution in [0.3, 0.4) is 0 Å². The summed E-state index contributed by atoms with van der Waals surface area (Å²) in [5.74, 6) is 0. The summed E-state index contributed by atoms with van der Waals surface area (Å²) in [6.45, 7) is 0. The molecule has 1 aromatic rings. The van der Waals surface area contributed by atoms with E-state index in [1.54, 1.807) is 0 Å². The Kier molecular flexibility index (Phi) is 3.41. The minimum Gasteiger partial charge on any atom is -0.0839 e. The Bertz CT molecular complexity index is 313. The molecular weight excluding hydrogens is 236 g/mol. The number of allylic oxidation sites excluding steroid dienone is 2. The quantitative estimate of drug-likeness (QED) is 0.648. The molecule has 0 nitrogen and oxygen atoms in total. The van der Waals surface area contributed by atoms with Crippen molar-refractivity contribution in [3.05, 3.63) is 42.0 Å². The second kappa shape index (κ2) is 4.79. The van der Waals surface area contributed by atoms with Crippen molar-refractivity contribution in [1.82, 2.24) is 0 Å². The van der Waals surface area contributed by atoms with E-state index in [0.717, 1.165) is 0 Å². The van der Waals surface area contributed by atoms with E-state index in [2.05, 4.69) is 52.3 Å². The van der Waals surface area contributed by atoms with E-state index in [0.29, 0.717) is 4.83 Å². The summed E-state index contributed by atoms with van der Waals surface area (Å²) in [4.78, 5) is 0.549. The summed E-state index contributed by atoms with van der Waals surface area (Å²) >= 11 is 3.77. The molecular formula is C13H15Br. The van der Waals surface area contributed by atoms with E-state index in [-0.39, 0.29) is 0 Å². The van der Waals surface area contributed by atoms with E-state index in [1.165, 1.54) is 36.8 Å². The molecule has 0 saturated carbocycles. The van der Waals surface area contributed by atoms with Crippen LogP contribution in [0.25, 0.3) is 5.57 Å². The Morgan fingerprint density at radius 3 is 2.64 bits per heavy atom. The Labute approximate surface area is 94.2 Å². The molecule has 0 aliphatic heterocycles. The minimum atomic E-state index is 0.549. The van der Waals surface area contributed by atoms with Gasteiger partial charge in [-0.1, -0.05) is 58.8 Å². The third-order valence-corrected chi connectivity index (χ3v) is 3.67. The molecule has 14 heavy (non-hydrogen) atoms. The predicted molar refractivity (Wildman–Crippen MR) is 65.6 cm³/mol.